The molecule has 0 saturated heterocycles. The van der Waals surface area contributed by atoms with E-state index in [1.165, 1.54) is 23.7 Å². The lowest BCUT2D eigenvalue weighted by atomic mass is 9.92. The Balaban J connectivity index is 1.56. The number of carbonyl (C=O) groups is 1. The number of nitrogens with zero attached hydrogens (tertiary/aromatic N) is 2. The molecule has 0 aliphatic rings. The zero-order valence-electron chi connectivity index (χ0n) is 25.9. The minimum absolute atomic E-state index is 0.136. The lowest BCUT2D eigenvalue weighted by Crippen LogP contribution is -2.28. The van der Waals surface area contributed by atoms with Crippen molar-refractivity contribution in [2.24, 2.45) is 0 Å². The number of aromatic nitrogens is 2. The molecule has 6 rings (SSSR count). The molecule has 0 spiro atoms. The number of rotatable bonds is 8. The van der Waals surface area contributed by atoms with Gasteiger partial charge in [0.25, 0.3) is 0 Å². The van der Waals surface area contributed by atoms with Gasteiger partial charge in [-0.1, -0.05) is 48.5 Å². The number of thiazole rings is 1. The van der Waals surface area contributed by atoms with Crippen molar-refractivity contribution in [2.75, 3.05) is 12.5 Å². The summed E-state index contributed by atoms with van der Waals surface area (Å²) in [5.74, 6) is -1.05. The second-order valence-corrected chi connectivity index (χ2v) is 17.4. The second kappa shape index (κ2) is 11.8. The van der Waals surface area contributed by atoms with Crippen LogP contribution in [0.1, 0.15) is 29.8 Å². The van der Waals surface area contributed by atoms with Crippen LogP contribution in [0.15, 0.2) is 108 Å². The van der Waals surface area contributed by atoms with Gasteiger partial charge in [0.2, 0.25) is 0 Å². The summed E-state index contributed by atoms with van der Waals surface area (Å²) in [6.45, 7) is 3.39. The molecule has 2 aromatic heterocycles. The Morgan fingerprint density at radius 1 is 0.766 bits per heavy atom. The van der Waals surface area contributed by atoms with E-state index in [0.29, 0.717) is 27.4 Å². The Kier molecular flexibility index (Phi) is 8.11. The predicted octanol–water partition coefficient (Wildman–Crippen LogP) is 7.74. The van der Waals surface area contributed by atoms with Crippen LogP contribution in [0.2, 0.25) is 0 Å². The molecule has 0 bridgehead atoms. The van der Waals surface area contributed by atoms with Crippen LogP contribution in [0.5, 0.6) is 0 Å². The molecule has 238 valence electrons. The molecule has 0 aliphatic heterocycles. The first-order valence-electron chi connectivity index (χ1n) is 14.5. The van der Waals surface area contributed by atoms with Gasteiger partial charge in [-0.05, 0) is 79.1 Å². The number of hydrogen-bond donors (Lipinski definition) is 1. The Morgan fingerprint density at radius 3 is 2.13 bits per heavy atom. The first kappa shape index (κ1) is 32.2. The SMILES string of the molecule is CC(C)(c1cc(-c2cccc(-c3sc(-c4cccc(C(=O)O)c4)nc3-c3ccc(S(C)(=O)=O)cc3)c2)c2ncccc2c1)S(C)(=O)=O. The highest BCUT2D eigenvalue weighted by atomic mass is 32.2. The van der Waals surface area contributed by atoms with Crippen molar-refractivity contribution in [1.29, 1.82) is 0 Å². The summed E-state index contributed by atoms with van der Waals surface area (Å²) in [5, 5.41) is 11.0. The van der Waals surface area contributed by atoms with E-state index in [1.807, 2.05) is 48.5 Å². The molecule has 0 amide bonds. The highest BCUT2D eigenvalue weighted by molar-refractivity contribution is 7.91. The van der Waals surface area contributed by atoms with E-state index < -0.39 is 30.4 Å². The third kappa shape index (κ3) is 6.21. The van der Waals surface area contributed by atoms with Crippen LogP contribution in [0.4, 0.5) is 0 Å². The van der Waals surface area contributed by atoms with E-state index in [9.17, 15) is 26.7 Å². The van der Waals surface area contributed by atoms with Gasteiger partial charge < -0.3 is 5.11 Å². The predicted molar refractivity (Wildman–Crippen MR) is 187 cm³/mol. The maximum Gasteiger partial charge on any atom is 0.335 e. The summed E-state index contributed by atoms with van der Waals surface area (Å²) in [6, 6.07) is 28.4. The highest BCUT2D eigenvalue weighted by Gasteiger charge is 2.33. The maximum absolute atomic E-state index is 12.8. The molecule has 0 fully saturated rings. The van der Waals surface area contributed by atoms with Gasteiger partial charge in [0.1, 0.15) is 5.01 Å². The van der Waals surface area contributed by atoms with Crippen molar-refractivity contribution in [2.45, 2.75) is 23.5 Å². The number of hydrogen-bond acceptors (Lipinski definition) is 8. The van der Waals surface area contributed by atoms with E-state index in [4.69, 9.17) is 4.98 Å². The number of carboxylic acids is 1. The first-order valence-corrected chi connectivity index (χ1v) is 19.1. The molecule has 0 saturated carbocycles. The van der Waals surface area contributed by atoms with Crippen molar-refractivity contribution in [3.8, 4) is 43.4 Å². The standard InChI is InChI=1S/C36H30N2O6S3/c1-36(2,47(4,43)44)28-20-24-12-7-17-37-31(24)30(21-28)23-8-5-9-25(18-23)33-32(22-13-15-29(16-14-22)46(3,41)42)38-34(45-33)26-10-6-11-27(19-26)35(39)40/h5-21H,1-4H3,(H,39,40). The largest absolute Gasteiger partial charge is 0.478 e. The summed E-state index contributed by atoms with van der Waals surface area (Å²) in [7, 11) is -6.87. The minimum atomic E-state index is -3.46. The normalized spacial score (nSPS) is 12.3. The lowest BCUT2D eigenvalue weighted by Gasteiger charge is -2.24. The van der Waals surface area contributed by atoms with Crippen molar-refractivity contribution in [1.82, 2.24) is 9.97 Å². The number of aromatic carboxylic acids is 1. The van der Waals surface area contributed by atoms with Gasteiger partial charge in [-0.25, -0.2) is 26.6 Å². The Labute approximate surface area is 277 Å². The summed E-state index contributed by atoms with van der Waals surface area (Å²) in [4.78, 5) is 22.3. The number of sulfone groups is 2. The molecule has 0 radical (unpaired) electrons. The smallest absolute Gasteiger partial charge is 0.335 e. The third-order valence-electron chi connectivity index (χ3n) is 8.30. The van der Waals surface area contributed by atoms with Gasteiger partial charge in [-0.3, -0.25) is 4.98 Å². The fraction of sp³-hybridized carbons (Fsp3) is 0.139. The number of benzene rings is 4. The molecule has 2 heterocycles. The summed E-state index contributed by atoms with van der Waals surface area (Å²) >= 11 is 1.39. The Hall–Kier alpha value is -4.71. The topological polar surface area (TPSA) is 131 Å². The minimum Gasteiger partial charge on any atom is -0.478 e. The molecule has 0 aliphatic carbocycles. The second-order valence-electron chi connectivity index (χ2n) is 11.8. The summed E-state index contributed by atoms with van der Waals surface area (Å²) in [6.07, 6.45) is 4.09. The highest BCUT2D eigenvalue weighted by Crippen LogP contribution is 2.43. The molecule has 6 aromatic rings. The average molecular weight is 683 g/mol. The fourth-order valence-electron chi connectivity index (χ4n) is 5.28. The van der Waals surface area contributed by atoms with Crippen molar-refractivity contribution < 1.29 is 26.7 Å². The molecular formula is C36H30N2O6S3. The van der Waals surface area contributed by atoms with Crippen LogP contribution in [0.25, 0.3) is 54.3 Å². The van der Waals surface area contributed by atoms with Crippen molar-refractivity contribution >= 4 is 47.9 Å². The van der Waals surface area contributed by atoms with E-state index in [2.05, 4.69) is 4.98 Å². The fourth-order valence-corrected chi connectivity index (χ4v) is 7.54. The zero-order valence-corrected chi connectivity index (χ0v) is 28.4. The van der Waals surface area contributed by atoms with Crippen LogP contribution >= 0.6 is 11.3 Å². The van der Waals surface area contributed by atoms with Gasteiger partial charge in [-0.2, -0.15) is 0 Å². The van der Waals surface area contributed by atoms with Gasteiger partial charge in [0.15, 0.2) is 19.7 Å². The first-order chi connectivity index (χ1) is 22.1. The van der Waals surface area contributed by atoms with E-state index in [-0.39, 0.29) is 10.5 Å². The number of carboxylic acid groups (broad SMARTS) is 1. The lowest BCUT2D eigenvalue weighted by molar-refractivity contribution is 0.0697. The number of fused-ring (bicyclic) bond motifs is 1. The zero-order chi connectivity index (χ0) is 33.7. The van der Waals surface area contributed by atoms with Gasteiger partial charge in [0, 0.05) is 40.8 Å². The molecule has 1 N–H and O–H groups in total. The van der Waals surface area contributed by atoms with Gasteiger partial charge in [-0.15, -0.1) is 11.3 Å². The van der Waals surface area contributed by atoms with Crippen LogP contribution in [0.3, 0.4) is 0 Å². The van der Waals surface area contributed by atoms with E-state index >= 15 is 0 Å². The Morgan fingerprint density at radius 2 is 1.45 bits per heavy atom. The number of pyridine rings is 1. The van der Waals surface area contributed by atoms with Gasteiger partial charge in [0.05, 0.1) is 31.3 Å². The Bertz CT molecular complexity index is 2410. The monoisotopic (exact) mass is 682 g/mol. The molecule has 11 heteroatoms. The van der Waals surface area contributed by atoms with Crippen molar-refractivity contribution in [3.63, 3.8) is 0 Å². The van der Waals surface area contributed by atoms with Crippen LogP contribution < -0.4 is 0 Å². The average Bonchev–Trinajstić information content (AvgIpc) is 3.49. The summed E-state index contributed by atoms with van der Waals surface area (Å²) in [5.41, 5.74) is 5.86. The van der Waals surface area contributed by atoms with Crippen LogP contribution in [-0.2, 0) is 24.4 Å². The molecule has 4 aromatic carbocycles. The molecule has 8 nitrogen and oxygen atoms in total. The molecular weight excluding hydrogens is 653 g/mol. The maximum atomic E-state index is 12.8. The van der Waals surface area contributed by atoms with Crippen LogP contribution in [0, 0.1) is 0 Å². The van der Waals surface area contributed by atoms with Crippen molar-refractivity contribution in [3.05, 3.63) is 114 Å². The van der Waals surface area contributed by atoms with E-state index in [1.54, 1.807) is 62.5 Å². The quantitative estimate of drug-likeness (QED) is 0.173. The molecule has 47 heavy (non-hydrogen) atoms. The molecule has 0 atom stereocenters. The van der Waals surface area contributed by atoms with Gasteiger partial charge >= 0.3 is 5.97 Å². The third-order valence-corrected chi connectivity index (χ3v) is 12.7. The van der Waals surface area contributed by atoms with E-state index in [0.717, 1.165) is 38.7 Å². The summed E-state index contributed by atoms with van der Waals surface area (Å²) < 4.78 is 48.8. The van der Waals surface area contributed by atoms with Crippen LogP contribution in [-0.4, -0.2) is 50.4 Å². The molecule has 0 unspecified atom stereocenters.